The predicted octanol–water partition coefficient (Wildman–Crippen LogP) is 1.93. The molecule has 180 valence electrons. The van der Waals surface area contributed by atoms with Gasteiger partial charge in [0.15, 0.2) is 28.5 Å². The van der Waals surface area contributed by atoms with Crippen molar-refractivity contribution in [1.82, 2.24) is 19.5 Å². The van der Waals surface area contributed by atoms with Crippen molar-refractivity contribution in [2.75, 3.05) is 19.0 Å². The molecule has 3 aromatic rings. The molecule has 1 aliphatic rings. The summed E-state index contributed by atoms with van der Waals surface area (Å²) in [5.74, 6) is 0.0564. The van der Waals surface area contributed by atoms with Crippen molar-refractivity contribution in [3.8, 4) is 11.5 Å². The lowest BCUT2D eigenvalue weighted by Gasteiger charge is -2.17. The average molecular weight is 471 g/mol. The molecule has 0 bridgehead atoms. The Bertz CT molecular complexity index is 1200. The van der Waals surface area contributed by atoms with E-state index in [1.54, 1.807) is 29.1 Å². The summed E-state index contributed by atoms with van der Waals surface area (Å²) in [5.41, 5.74) is 1.93. The molecule has 4 rings (SSSR count). The average Bonchev–Trinajstić information content (AvgIpc) is 3.40. The fraction of sp³-hybridized carbons (Fsp3) is 0.409. The second kappa shape index (κ2) is 9.91. The zero-order chi connectivity index (χ0) is 24.2. The Balaban J connectivity index is 1.53. The number of hydrogen-bond acceptors (Lipinski definition) is 11. The Morgan fingerprint density at radius 3 is 2.79 bits per heavy atom. The number of nitrogens with zero attached hydrogens (tertiary/aromatic N) is 4. The Labute approximate surface area is 194 Å². The number of anilines is 1. The highest BCUT2D eigenvalue weighted by atomic mass is 16.6. The number of rotatable bonds is 8. The molecule has 34 heavy (non-hydrogen) atoms. The first kappa shape index (κ1) is 23.2. The number of aromatic hydroxyl groups is 1. The third-order valence-electron chi connectivity index (χ3n) is 5.32. The first-order valence-corrected chi connectivity index (χ1v) is 10.6. The molecule has 0 spiro atoms. The molecular weight excluding hydrogens is 446 g/mol. The van der Waals surface area contributed by atoms with Gasteiger partial charge in [-0.2, -0.15) is 0 Å². The third kappa shape index (κ3) is 5.01. The van der Waals surface area contributed by atoms with Gasteiger partial charge in [-0.1, -0.05) is 6.07 Å². The van der Waals surface area contributed by atoms with E-state index in [4.69, 9.17) is 18.9 Å². The van der Waals surface area contributed by atoms with Gasteiger partial charge in [-0.05, 0) is 17.7 Å². The van der Waals surface area contributed by atoms with Gasteiger partial charge >= 0.3 is 11.9 Å². The van der Waals surface area contributed by atoms with Crippen LogP contribution in [0.25, 0.3) is 11.2 Å². The number of carbonyl (C=O) groups excluding carboxylic acids is 2. The van der Waals surface area contributed by atoms with Crippen LogP contribution in [0.1, 0.15) is 32.1 Å². The third-order valence-corrected chi connectivity index (χ3v) is 5.32. The number of imidazole rings is 1. The molecule has 2 N–H and O–H groups in total. The van der Waals surface area contributed by atoms with Crippen LogP contribution in [0.2, 0.25) is 0 Å². The van der Waals surface area contributed by atoms with Crippen molar-refractivity contribution in [2.45, 2.75) is 45.2 Å². The maximum Gasteiger partial charge on any atom is 0.303 e. The second-order valence-corrected chi connectivity index (χ2v) is 7.72. The van der Waals surface area contributed by atoms with E-state index in [0.717, 1.165) is 5.56 Å². The van der Waals surface area contributed by atoms with Gasteiger partial charge in [0.25, 0.3) is 0 Å². The number of ether oxygens (including phenoxy) is 4. The second-order valence-electron chi connectivity index (χ2n) is 7.72. The van der Waals surface area contributed by atoms with Crippen LogP contribution in [0.15, 0.2) is 30.9 Å². The van der Waals surface area contributed by atoms with Gasteiger partial charge in [-0.3, -0.25) is 14.2 Å². The van der Waals surface area contributed by atoms with E-state index in [1.807, 2.05) is 0 Å². The molecule has 3 heterocycles. The number of phenols is 1. The Morgan fingerprint density at radius 1 is 1.24 bits per heavy atom. The van der Waals surface area contributed by atoms with E-state index in [1.165, 1.54) is 27.3 Å². The van der Waals surface area contributed by atoms with Crippen molar-refractivity contribution in [3.63, 3.8) is 0 Å². The molecule has 2 aromatic heterocycles. The van der Waals surface area contributed by atoms with Crippen LogP contribution in [0, 0.1) is 0 Å². The molecule has 1 aromatic carbocycles. The molecule has 12 heteroatoms. The van der Waals surface area contributed by atoms with Gasteiger partial charge in [-0.15, -0.1) is 0 Å². The zero-order valence-electron chi connectivity index (χ0n) is 18.9. The van der Waals surface area contributed by atoms with E-state index < -0.39 is 30.4 Å². The number of phenolic OH excluding ortho intramolecular Hbond substituents is 1. The van der Waals surface area contributed by atoms with Crippen LogP contribution in [-0.4, -0.2) is 62.5 Å². The van der Waals surface area contributed by atoms with Gasteiger partial charge in [0.05, 0.1) is 13.4 Å². The Morgan fingerprint density at radius 2 is 2.06 bits per heavy atom. The standard InChI is InChI=1S/C22H25N5O7/c1-12(28)32-9-18-17(33-13(2)29)7-19(34-18)27-11-26-20-21(24-10-25-22(20)27)23-8-14-4-5-15(30)16(6-14)31-3/h4-6,10-11,17-19,30H,7-9H2,1-3H3,(H,23,24,25)/t17?,18-,19-/m1/s1. The molecule has 1 unspecified atom stereocenters. The van der Waals surface area contributed by atoms with Gasteiger partial charge in [0, 0.05) is 26.8 Å². The van der Waals surface area contributed by atoms with E-state index >= 15 is 0 Å². The van der Waals surface area contributed by atoms with E-state index in [9.17, 15) is 14.7 Å². The Hall–Kier alpha value is -3.93. The van der Waals surface area contributed by atoms with Crippen molar-refractivity contribution >= 4 is 28.9 Å². The summed E-state index contributed by atoms with van der Waals surface area (Å²) in [7, 11) is 1.49. The molecule has 0 amide bonds. The van der Waals surface area contributed by atoms with Gasteiger partial charge in [0.2, 0.25) is 0 Å². The molecule has 12 nitrogen and oxygen atoms in total. The first-order valence-electron chi connectivity index (χ1n) is 10.6. The van der Waals surface area contributed by atoms with Gasteiger partial charge < -0.3 is 29.4 Å². The normalized spacial score (nSPS) is 19.7. The summed E-state index contributed by atoms with van der Waals surface area (Å²) in [6.45, 7) is 3.00. The topological polar surface area (TPSA) is 147 Å². The lowest BCUT2D eigenvalue weighted by atomic mass is 10.2. The summed E-state index contributed by atoms with van der Waals surface area (Å²) in [4.78, 5) is 35.8. The first-order chi connectivity index (χ1) is 16.4. The fourth-order valence-corrected chi connectivity index (χ4v) is 3.77. The quantitative estimate of drug-likeness (QED) is 0.464. The highest BCUT2D eigenvalue weighted by Crippen LogP contribution is 2.34. The van der Waals surface area contributed by atoms with Crippen LogP contribution in [0.4, 0.5) is 5.82 Å². The molecule has 1 saturated heterocycles. The molecule has 3 atom stereocenters. The maximum atomic E-state index is 11.5. The maximum absolute atomic E-state index is 11.5. The van der Waals surface area contributed by atoms with Crippen molar-refractivity contribution in [2.24, 2.45) is 0 Å². The van der Waals surface area contributed by atoms with Crippen LogP contribution in [-0.2, 0) is 30.3 Å². The minimum absolute atomic E-state index is 0.0334. The number of fused-ring (bicyclic) bond motifs is 1. The van der Waals surface area contributed by atoms with Crippen molar-refractivity contribution in [1.29, 1.82) is 0 Å². The molecule has 1 aliphatic heterocycles. The highest BCUT2D eigenvalue weighted by molar-refractivity contribution is 5.82. The molecule has 0 saturated carbocycles. The number of hydrogen-bond donors (Lipinski definition) is 2. The summed E-state index contributed by atoms with van der Waals surface area (Å²) in [5, 5.41) is 13.0. The molecule has 1 fully saturated rings. The molecule has 0 radical (unpaired) electrons. The van der Waals surface area contributed by atoms with Crippen LogP contribution >= 0.6 is 0 Å². The number of esters is 2. The van der Waals surface area contributed by atoms with E-state index in [0.29, 0.717) is 35.7 Å². The number of aromatic nitrogens is 4. The SMILES string of the molecule is COc1cc(CNc2ncnc3c2ncn3[C@H]2CC(OC(C)=O)[C@@H](COC(C)=O)O2)ccc1O. The van der Waals surface area contributed by atoms with Crippen LogP contribution in [0.5, 0.6) is 11.5 Å². The van der Waals surface area contributed by atoms with E-state index in [-0.39, 0.29) is 12.4 Å². The van der Waals surface area contributed by atoms with Gasteiger partial charge in [-0.25, -0.2) is 15.0 Å². The minimum atomic E-state index is -0.612. The van der Waals surface area contributed by atoms with Crippen molar-refractivity contribution in [3.05, 3.63) is 36.4 Å². The molecular formula is C22H25N5O7. The minimum Gasteiger partial charge on any atom is -0.504 e. The zero-order valence-corrected chi connectivity index (χ0v) is 18.9. The summed E-state index contributed by atoms with van der Waals surface area (Å²) < 4.78 is 23.4. The monoisotopic (exact) mass is 471 g/mol. The molecule has 0 aliphatic carbocycles. The number of benzene rings is 1. The van der Waals surface area contributed by atoms with Crippen molar-refractivity contribution < 1.29 is 33.6 Å². The van der Waals surface area contributed by atoms with Crippen LogP contribution in [0.3, 0.4) is 0 Å². The number of nitrogens with one attached hydrogen (secondary N) is 1. The smallest absolute Gasteiger partial charge is 0.303 e. The lowest BCUT2D eigenvalue weighted by Crippen LogP contribution is -2.31. The number of methoxy groups -OCH3 is 1. The van der Waals surface area contributed by atoms with E-state index in [2.05, 4.69) is 20.3 Å². The van der Waals surface area contributed by atoms with Gasteiger partial charge in [0.1, 0.15) is 31.4 Å². The lowest BCUT2D eigenvalue weighted by molar-refractivity contribution is -0.155. The summed E-state index contributed by atoms with van der Waals surface area (Å²) in [6.07, 6.45) is 1.62. The largest absolute Gasteiger partial charge is 0.504 e. The van der Waals surface area contributed by atoms with Crippen LogP contribution < -0.4 is 10.1 Å². The summed E-state index contributed by atoms with van der Waals surface area (Å²) in [6, 6.07) is 5.06. The predicted molar refractivity (Wildman–Crippen MR) is 118 cm³/mol. The fourth-order valence-electron chi connectivity index (χ4n) is 3.77. The Kier molecular flexibility index (Phi) is 6.77. The highest BCUT2D eigenvalue weighted by Gasteiger charge is 2.40. The number of carbonyl (C=O) groups is 2. The summed E-state index contributed by atoms with van der Waals surface area (Å²) >= 11 is 0.